The molecule has 0 amide bonds. The minimum absolute atomic E-state index is 0.200. The number of benzene rings is 1. The molecule has 21 heavy (non-hydrogen) atoms. The maximum atomic E-state index is 9.64. The molecule has 0 aliphatic carbocycles. The Kier molecular flexibility index (Phi) is 8.16. The molecule has 1 rings (SSSR count). The van der Waals surface area contributed by atoms with Crippen molar-refractivity contribution in [1.29, 1.82) is 0 Å². The van der Waals surface area contributed by atoms with Gasteiger partial charge in [-0.1, -0.05) is 26.8 Å². The van der Waals surface area contributed by atoms with Crippen LogP contribution in [0, 0.1) is 0 Å². The van der Waals surface area contributed by atoms with E-state index in [4.69, 9.17) is 4.74 Å². The van der Waals surface area contributed by atoms with E-state index < -0.39 is 0 Å². The molecule has 1 aromatic rings. The third-order valence-corrected chi connectivity index (χ3v) is 3.94. The van der Waals surface area contributed by atoms with Gasteiger partial charge in [0, 0.05) is 6.54 Å². The standard InChI is InChI=1S/C17H30N2O2/c1-5-18(6-2)11-8-12-19(7-3)14-15-9-10-16(20)17(13-15)21-4/h9-10,13,20H,5-8,11-12,14H2,1-4H3. The summed E-state index contributed by atoms with van der Waals surface area (Å²) in [5.74, 6) is 0.748. The average molecular weight is 294 g/mol. The van der Waals surface area contributed by atoms with Crippen molar-refractivity contribution in [2.45, 2.75) is 33.7 Å². The lowest BCUT2D eigenvalue weighted by Gasteiger charge is -2.23. The summed E-state index contributed by atoms with van der Waals surface area (Å²) in [6, 6.07) is 5.59. The van der Waals surface area contributed by atoms with Crippen LogP contribution in [0.3, 0.4) is 0 Å². The zero-order valence-electron chi connectivity index (χ0n) is 13.9. The number of methoxy groups -OCH3 is 1. The van der Waals surface area contributed by atoms with Crippen molar-refractivity contribution in [1.82, 2.24) is 9.80 Å². The van der Waals surface area contributed by atoms with E-state index in [1.54, 1.807) is 13.2 Å². The highest BCUT2D eigenvalue weighted by molar-refractivity contribution is 5.41. The minimum atomic E-state index is 0.200. The van der Waals surface area contributed by atoms with Crippen LogP contribution in [-0.4, -0.2) is 54.7 Å². The predicted molar refractivity (Wildman–Crippen MR) is 88.0 cm³/mol. The molecule has 1 N–H and O–H groups in total. The summed E-state index contributed by atoms with van der Waals surface area (Å²) in [6.07, 6.45) is 1.19. The summed E-state index contributed by atoms with van der Waals surface area (Å²) < 4.78 is 5.17. The van der Waals surface area contributed by atoms with E-state index in [0.29, 0.717) is 5.75 Å². The van der Waals surface area contributed by atoms with Crippen molar-refractivity contribution in [3.05, 3.63) is 23.8 Å². The number of phenols is 1. The van der Waals surface area contributed by atoms with Crippen LogP contribution in [0.4, 0.5) is 0 Å². The average Bonchev–Trinajstić information content (AvgIpc) is 2.52. The Morgan fingerprint density at radius 1 is 1.00 bits per heavy atom. The summed E-state index contributed by atoms with van der Waals surface area (Å²) in [7, 11) is 1.58. The van der Waals surface area contributed by atoms with Gasteiger partial charge in [0.2, 0.25) is 0 Å². The fourth-order valence-corrected chi connectivity index (χ4v) is 2.49. The molecule has 0 spiro atoms. The van der Waals surface area contributed by atoms with Crippen LogP contribution in [0.1, 0.15) is 32.8 Å². The predicted octanol–water partition coefficient (Wildman–Crippen LogP) is 2.95. The first-order chi connectivity index (χ1) is 10.1. The van der Waals surface area contributed by atoms with Crippen LogP contribution >= 0.6 is 0 Å². The third kappa shape index (κ3) is 5.94. The molecular weight excluding hydrogens is 264 g/mol. The Hall–Kier alpha value is -1.26. The Balaban J connectivity index is 2.50. The fraction of sp³-hybridized carbons (Fsp3) is 0.647. The lowest BCUT2D eigenvalue weighted by molar-refractivity contribution is 0.238. The van der Waals surface area contributed by atoms with Gasteiger partial charge >= 0.3 is 0 Å². The van der Waals surface area contributed by atoms with Gasteiger partial charge in [0.15, 0.2) is 11.5 Å². The maximum Gasteiger partial charge on any atom is 0.160 e. The maximum absolute atomic E-state index is 9.64. The topological polar surface area (TPSA) is 35.9 Å². The van der Waals surface area contributed by atoms with Crippen LogP contribution in [0.25, 0.3) is 0 Å². The van der Waals surface area contributed by atoms with Crippen molar-refractivity contribution in [2.24, 2.45) is 0 Å². The second-order valence-electron chi connectivity index (χ2n) is 5.26. The van der Waals surface area contributed by atoms with Crippen LogP contribution in [-0.2, 0) is 6.54 Å². The van der Waals surface area contributed by atoms with Gasteiger partial charge in [-0.2, -0.15) is 0 Å². The molecule has 4 heteroatoms. The number of aromatic hydroxyl groups is 1. The first-order valence-corrected chi connectivity index (χ1v) is 7.95. The minimum Gasteiger partial charge on any atom is -0.504 e. The molecule has 1 aromatic carbocycles. The Morgan fingerprint density at radius 2 is 1.62 bits per heavy atom. The largest absolute Gasteiger partial charge is 0.504 e. The molecule has 0 unspecified atom stereocenters. The first kappa shape index (κ1) is 17.8. The summed E-state index contributed by atoms with van der Waals surface area (Å²) in [5.41, 5.74) is 1.18. The van der Waals surface area contributed by atoms with Gasteiger partial charge in [-0.3, -0.25) is 4.90 Å². The fourth-order valence-electron chi connectivity index (χ4n) is 2.49. The van der Waals surface area contributed by atoms with E-state index in [-0.39, 0.29) is 5.75 Å². The number of nitrogens with zero attached hydrogens (tertiary/aromatic N) is 2. The number of ether oxygens (including phenoxy) is 1. The molecular formula is C17H30N2O2. The zero-order chi connectivity index (χ0) is 15.7. The lowest BCUT2D eigenvalue weighted by Crippen LogP contribution is -2.29. The second kappa shape index (κ2) is 9.64. The quantitative estimate of drug-likeness (QED) is 0.720. The van der Waals surface area contributed by atoms with E-state index >= 15 is 0 Å². The highest BCUT2D eigenvalue weighted by Crippen LogP contribution is 2.26. The zero-order valence-corrected chi connectivity index (χ0v) is 13.9. The molecule has 0 aliphatic heterocycles. The van der Waals surface area contributed by atoms with Gasteiger partial charge in [-0.25, -0.2) is 0 Å². The molecule has 0 radical (unpaired) electrons. The lowest BCUT2D eigenvalue weighted by atomic mass is 10.2. The normalized spacial score (nSPS) is 11.3. The SMILES string of the molecule is CCN(CC)CCCN(CC)Cc1ccc(O)c(OC)c1. The first-order valence-electron chi connectivity index (χ1n) is 7.95. The van der Waals surface area contributed by atoms with Crippen LogP contribution in [0.15, 0.2) is 18.2 Å². The van der Waals surface area contributed by atoms with Crippen molar-refractivity contribution >= 4 is 0 Å². The van der Waals surface area contributed by atoms with Gasteiger partial charge in [-0.05, 0) is 56.8 Å². The molecule has 4 nitrogen and oxygen atoms in total. The van der Waals surface area contributed by atoms with E-state index in [2.05, 4.69) is 30.6 Å². The number of rotatable bonds is 10. The van der Waals surface area contributed by atoms with Crippen LogP contribution in [0.2, 0.25) is 0 Å². The van der Waals surface area contributed by atoms with E-state index in [9.17, 15) is 5.11 Å². The van der Waals surface area contributed by atoms with Crippen molar-refractivity contribution in [3.63, 3.8) is 0 Å². The smallest absolute Gasteiger partial charge is 0.160 e. The van der Waals surface area contributed by atoms with Gasteiger partial charge in [0.25, 0.3) is 0 Å². The van der Waals surface area contributed by atoms with Crippen molar-refractivity contribution < 1.29 is 9.84 Å². The monoisotopic (exact) mass is 294 g/mol. The van der Waals surface area contributed by atoms with E-state index in [1.807, 2.05) is 12.1 Å². The highest BCUT2D eigenvalue weighted by atomic mass is 16.5. The van der Waals surface area contributed by atoms with Crippen LogP contribution in [0.5, 0.6) is 11.5 Å². The molecule has 0 saturated heterocycles. The Bertz CT molecular complexity index is 406. The summed E-state index contributed by atoms with van der Waals surface area (Å²) in [6.45, 7) is 13.0. The molecule has 0 atom stereocenters. The van der Waals surface area contributed by atoms with Gasteiger partial charge < -0.3 is 14.7 Å². The number of hydrogen-bond acceptors (Lipinski definition) is 4. The van der Waals surface area contributed by atoms with Gasteiger partial charge in [0.05, 0.1) is 7.11 Å². The van der Waals surface area contributed by atoms with Crippen molar-refractivity contribution in [3.8, 4) is 11.5 Å². The van der Waals surface area contributed by atoms with E-state index in [1.165, 1.54) is 12.0 Å². The van der Waals surface area contributed by atoms with Gasteiger partial charge in [-0.15, -0.1) is 0 Å². The van der Waals surface area contributed by atoms with Crippen molar-refractivity contribution in [2.75, 3.05) is 39.8 Å². The van der Waals surface area contributed by atoms with Crippen LogP contribution < -0.4 is 4.74 Å². The summed E-state index contributed by atoms with van der Waals surface area (Å²) >= 11 is 0. The molecule has 0 aromatic heterocycles. The molecule has 0 fully saturated rings. The highest BCUT2D eigenvalue weighted by Gasteiger charge is 2.08. The third-order valence-electron chi connectivity index (χ3n) is 3.94. The van der Waals surface area contributed by atoms with E-state index in [0.717, 1.165) is 39.3 Å². The Labute approximate surface area is 129 Å². The number of hydrogen-bond donors (Lipinski definition) is 1. The molecule has 0 heterocycles. The molecule has 0 aliphatic rings. The number of phenolic OH excluding ortho intramolecular Hbond substituents is 1. The Morgan fingerprint density at radius 3 is 2.19 bits per heavy atom. The van der Waals surface area contributed by atoms with Gasteiger partial charge in [0.1, 0.15) is 0 Å². The summed E-state index contributed by atoms with van der Waals surface area (Å²) in [4.78, 5) is 4.88. The molecule has 0 saturated carbocycles. The second-order valence-corrected chi connectivity index (χ2v) is 5.26. The molecule has 0 bridgehead atoms. The molecule has 120 valence electrons. The summed E-state index contributed by atoms with van der Waals surface area (Å²) in [5, 5.41) is 9.64.